The normalized spacial score (nSPS) is 11.6. The Morgan fingerprint density at radius 3 is 2.62 bits per heavy atom. The summed E-state index contributed by atoms with van der Waals surface area (Å²) in [6.45, 7) is 0. The molecule has 0 saturated carbocycles. The minimum atomic E-state index is -3.27. The van der Waals surface area contributed by atoms with Crippen molar-refractivity contribution in [3.63, 3.8) is 0 Å². The zero-order valence-corrected chi connectivity index (χ0v) is 9.78. The third kappa shape index (κ3) is 1.74. The molecule has 0 bridgehead atoms. The number of pyridine rings is 1. The standard InChI is InChI=1S/C11H11NO3S/c1-15-9-5-6-10(16(2,13)14)11-8(9)4-3-7-12-11/h3-7H,1-2H3. The molecule has 5 heteroatoms. The van der Waals surface area contributed by atoms with Gasteiger partial charge < -0.3 is 4.74 Å². The van der Waals surface area contributed by atoms with Gasteiger partial charge in [0.25, 0.3) is 0 Å². The topological polar surface area (TPSA) is 56.3 Å². The van der Waals surface area contributed by atoms with Crippen LogP contribution in [0.3, 0.4) is 0 Å². The van der Waals surface area contributed by atoms with E-state index in [1.165, 1.54) is 12.3 Å². The van der Waals surface area contributed by atoms with Crippen LogP contribution in [0.15, 0.2) is 35.4 Å². The third-order valence-electron chi connectivity index (χ3n) is 2.31. The molecule has 0 radical (unpaired) electrons. The molecule has 0 spiro atoms. The van der Waals surface area contributed by atoms with E-state index < -0.39 is 9.84 Å². The van der Waals surface area contributed by atoms with Gasteiger partial charge in [0.2, 0.25) is 0 Å². The number of hydrogen-bond acceptors (Lipinski definition) is 4. The van der Waals surface area contributed by atoms with Crippen molar-refractivity contribution in [3.05, 3.63) is 30.5 Å². The van der Waals surface area contributed by atoms with Crippen LogP contribution in [0, 0.1) is 0 Å². The Bertz CT molecular complexity index is 635. The van der Waals surface area contributed by atoms with Gasteiger partial charge in [-0.3, -0.25) is 4.98 Å². The first-order valence-corrected chi connectivity index (χ1v) is 6.55. The van der Waals surface area contributed by atoms with E-state index in [9.17, 15) is 8.42 Å². The maximum Gasteiger partial charge on any atom is 0.177 e. The summed E-state index contributed by atoms with van der Waals surface area (Å²) in [5, 5.41) is 0.702. The Balaban J connectivity index is 2.91. The summed E-state index contributed by atoms with van der Waals surface area (Å²) >= 11 is 0. The highest BCUT2D eigenvalue weighted by Crippen LogP contribution is 2.28. The number of methoxy groups -OCH3 is 1. The second-order valence-electron chi connectivity index (χ2n) is 3.44. The Kier molecular flexibility index (Phi) is 2.55. The molecule has 0 saturated heterocycles. The monoisotopic (exact) mass is 237 g/mol. The van der Waals surface area contributed by atoms with E-state index in [0.717, 1.165) is 0 Å². The molecule has 2 rings (SSSR count). The molecule has 0 aliphatic carbocycles. The molecule has 1 aromatic carbocycles. The number of ether oxygens (including phenoxy) is 1. The van der Waals surface area contributed by atoms with Crippen LogP contribution < -0.4 is 4.74 Å². The van der Waals surface area contributed by atoms with Crippen molar-refractivity contribution in [2.24, 2.45) is 0 Å². The fraction of sp³-hybridized carbons (Fsp3) is 0.182. The minimum absolute atomic E-state index is 0.226. The largest absolute Gasteiger partial charge is 0.496 e. The lowest BCUT2D eigenvalue weighted by molar-refractivity contribution is 0.419. The molecule has 1 aromatic heterocycles. The van der Waals surface area contributed by atoms with Gasteiger partial charge >= 0.3 is 0 Å². The number of nitrogens with zero attached hydrogens (tertiary/aromatic N) is 1. The summed E-state index contributed by atoms with van der Waals surface area (Å²) < 4.78 is 28.3. The van der Waals surface area contributed by atoms with Crippen molar-refractivity contribution in [2.45, 2.75) is 4.90 Å². The van der Waals surface area contributed by atoms with E-state index in [2.05, 4.69) is 4.98 Å². The van der Waals surface area contributed by atoms with Crippen molar-refractivity contribution < 1.29 is 13.2 Å². The first-order valence-electron chi connectivity index (χ1n) is 4.66. The average molecular weight is 237 g/mol. The minimum Gasteiger partial charge on any atom is -0.496 e. The van der Waals surface area contributed by atoms with E-state index in [4.69, 9.17) is 4.74 Å². The fourth-order valence-electron chi connectivity index (χ4n) is 1.60. The maximum atomic E-state index is 11.6. The number of benzene rings is 1. The van der Waals surface area contributed by atoms with E-state index in [-0.39, 0.29) is 4.90 Å². The number of aromatic nitrogens is 1. The summed E-state index contributed by atoms with van der Waals surface area (Å²) in [5.74, 6) is 0.621. The number of sulfone groups is 1. The zero-order valence-electron chi connectivity index (χ0n) is 8.97. The van der Waals surface area contributed by atoms with Gasteiger partial charge in [0.05, 0.1) is 17.5 Å². The van der Waals surface area contributed by atoms with Crippen LogP contribution in [-0.4, -0.2) is 26.8 Å². The van der Waals surface area contributed by atoms with Crippen LogP contribution in [0.5, 0.6) is 5.75 Å². The summed E-state index contributed by atoms with van der Waals surface area (Å²) in [7, 11) is -1.73. The lowest BCUT2D eigenvalue weighted by Gasteiger charge is -2.07. The molecule has 0 unspecified atom stereocenters. The molecule has 16 heavy (non-hydrogen) atoms. The van der Waals surface area contributed by atoms with E-state index in [1.807, 2.05) is 0 Å². The molecule has 84 valence electrons. The summed E-state index contributed by atoms with van der Waals surface area (Å²) in [6.07, 6.45) is 2.74. The predicted molar refractivity (Wildman–Crippen MR) is 61.4 cm³/mol. The van der Waals surface area contributed by atoms with Gasteiger partial charge in [0.1, 0.15) is 5.75 Å². The first kappa shape index (κ1) is 10.9. The molecule has 4 nitrogen and oxygen atoms in total. The molecule has 0 N–H and O–H groups in total. The molecule has 2 aromatic rings. The van der Waals surface area contributed by atoms with Gasteiger partial charge in [0.15, 0.2) is 9.84 Å². The zero-order chi connectivity index (χ0) is 11.8. The Morgan fingerprint density at radius 1 is 1.25 bits per heavy atom. The summed E-state index contributed by atoms with van der Waals surface area (Å²) in [4.78, 5) is 4.32. The molecule has 1 heterocycles. The molecule has 0 amide bonds. The molecule has 0 aliphatic rings. The van der Waals surface area contributed by atoms with E-state index in [1.54, 1.807) is 31.5 Å². The van der Waals surface area contributed by atoms with Crippen LogP contribution in [0.25, 0.3) is 10.9 Å². The second-order valence-corrected chi connectivity index (χ2v) is 5.42. The van der Waals surface area contributed by atoms with Crippen molar-refractivity contribution in [1.29, 1.82) is 0 Å². The van der Waals surface area contributed by atoms with Crippen molar-refractivity contribution in [2.75, 3.05) is 13.4 Å². The predicted octanol–water partition coefficient (Wildman–Crippen LogP) is 1.65. The Hall–Kier alpha value is -1.62. The van der Waals surface area contributed by atoms with Crippen LogP contribution in [0.4, 0.5) is 0 Å². The van der Waals surface area contributed by atoms with Gasteiger partial charge in [-0.25, -0.2) is 8.42 Å². The average Bonchev–Trinajstić information content (AvgIpc) is 2.26. The van der Waals surface area contributed by atoms with Crippen molar-refractivity contribution in [1.82, 2.24) is 4.98 Å². The molecule has 0 fully saturated rings. The van der Waals surface area contributed by atoms with Crippen molar-refractivity contribution in [3.8, 4) is 5.75 Å². The smallest absolute Gasteiger partial charge is 0.177 e. The highest BCUT2D eigenvalue weighted by Gasteiger charge is 2.14. The Morgan fingerprint density at radius 2 is 2.00 bits per heavy atom. The van der Waals surface area contributed by atoms with Gasteiger partial charge in [-0.15, -0.1) is 0 Å². The molecule has 0 aliphatic heterocycles. The molecular weight excluding hydrogens is 226 g/mol. The van der Waals surface area contributed by atoms with Gasteiger partial charge in [-0.1, -0.05) is 0 Å². The third-order valence-corrected chi connectivity index (χ3v) is 3.44. The lowest BCUT2D eigenvalue weighted by Crippen LogP contribution is -2.00. The highest BCUT2D eigenvalue weighted by atomic mass is 32.2. The van der Waals surface area contributed by atoms with Crippen molar-refractivity contribution >= 4 is 20.7 Å². The first-order chi connectivity index (χ1) is 7.54. The quantitative estimate of drug-likeness (QED) is 0.796. The molecule has 0 atom stereocenters. The van der Waals surface area contributed by atoms with Crippen LogP contribution in [-0.2, 0) is 9.84 Å². The SMILES string of the molecule is COc1ccc(S(C)(=O)=O)c2ncccc12. The number of hydrogen-bond donors (Lipinski definition) is 0. The number of fused-ring (bicyclic) bond motifs is 1. The lowest BCUT2D eigenvalue weighted by atomic mass is 10.2. The van der Waals surface area contributed by atoms with E-state index >= 15 is 0 Å². The Labute approximate surface area is 93.8 Å². The number of rotatable bonds is 2. The van der Waals surface area contributed by atoms with Crippen LogP contribution in [0.2, 0.25) is 0 Å². The maximum absolute atomic E-state index is 11.6. The van der Waals surface area contributed by atoms with Gasteiger partial charge in [-0.05, 0) is 24.3 Å². The summed E-state index contributed by atoms with van der Waals surface area (Å²) in [6, 6.07) is 6.69. The van der Waals surface area contributed by atoms with Crippen LogP contribution in [0.1, 0.15) is 0 Å². The summed E-state index contributed by atoms with van der Waals surface area (Å²) in [5.41, 5.74) is 0.448. The van der Waals surface area contributed by atoms with Gasteiger partial charge in [0, 0.05) is 17.8 Å². The van der Waals surface area contributed by atoms with E-state index in [0.29, 0.717) is 16.7 Å². The fourth-order valence-corrected chi connectivity index (χ4v) is 2.43. The second kappa shape index (κ2) is 3.75. The highest BCUT2D eigenvalue weighted by molar-refractivity contribution is 7.91. The van der Waals surface area contributed by atoms with Crippen LogP contribution >= 0.6 is 0 Å². The molecular formula is C11H11NO3S. The van der Waals surface area contributed by atoms with Gasteiger partial charge in [-0.2, -0.15) is 0 Å².